The molecule has 2 aromatic rings. The molecule has 1 fully saturated rings. The molecule has 7 nitrogen and oxygen atoms in total. The van der Waals surface area contributed by atoms with Crippen LogP contribution in [0, 0.1) is 0 Å². The molecule has 1 aliphatic heterocycles. The minimum Gasteiger partial charge on any atom is -0.497 e. The first kappa shape index (κ1) is 21.2. The number of nitrogens with one attached hydrogen (secondary N) is 1. The van der Waals surface area contributed by atoms with E-state index in [1.54, 1.807) is 48.4 Å². The number of likely N-dealkylation sites (tertiary alicyclic amines) is 1. The first-order valence-electron chi connectivity index (χ1n) is 9.74. The molecule has 0 bridgehead atoms. The van der Waals surface area contributed by atoms with E-state index in [9.17, 15) is 9.59 Å². The van der Waals surface area contributed by atoms with Crippen LogP contribution >= 0.6 is 0 Å². The summed E-state index contributed by atoms with van der Waals surface area (Å²) in [4.78, 5) is 27.7. The zero-order chi connectivity index (χ0) is 21.5. The maximum Gasteiger partial charge on any atom is 0.270 e. The number of carbonyl (C=O) groups is 2. The van der Waals surface area contributed by atoms with Crippen molar-refractivity contribution in [3.05, 3.63) is 59.3 Å². The highest BCUT2D eigenvalue weighted by molar-refractivity contribution is 6.05. The van der Waals surface area contributed by atoms with E-state index in [0.29, 0.717) is 35.9 Å². The highest BCUT2D eigenvalue weighted by atomic mass is 16.5. The molecule has 1 heterocycles. The van der Waals surface area contributed by atoms with Gasteiger partial charge in [0.15, 0.2) is 11.5 Å². The minimum absolute atomic E-state index is 0.197. The standard InChI is InChI=1S/C23H26N2O5/c1-28-18-9-6-16(7-10-18)14-19(23(27)25-12-4-5-13-25)24-22(26)17-8-11-20(29-2)21(15-17)30-3/h6-11,14-15H,4-5,12-13H2,1-3H3,(H,24,26)/b19-14+. The Bertz CT molecular complexity index is 931. The van der Waals surface area contributed by atoms with Crippen LogP contribution in [0.3, 0.4) is 0 Å². The normalized spacial score (nSPS) is 13.7. The van der Waals surface area contributed by atoms with Crippen LogP contribution in [0.5, 0.6) is 17.2 Å². The number of hydrogen-bond acceptors (Lipinski definition) is 5. The molecule has 1 saturated heterocycles. The third-order valence-electron chi connectivity index (χ3n) is 4.94. The molecule has 0 aliphatic carbocycles. The molecular weight excluding hydrogens is 384 g/mol. The molecule has 1 aliphatic rings. The Morgan fingerprint density at radius 1 is 0.900 bits per heavy atom. The summed E-state index contributed by atoms with van der Waals surface area (Å²) < 4.78 is 15.7. The van der Waals surface area contributed by atoms with Crippen molar-refractivity contribution >= 4 is 17.9 Å². The van der Waals surface area contributed by atoms with Crippen LogP contribution < -0.4 is 19.5 Å². The number of hydrogen-bond donors (Lipinski definition) is 1. The Hall–Kier alpha value is -3.48. The third-order valence-corrected chi connectivity index (χ3v) is 4.94. The smallest absolute Gasteiger partial charge is 0.270 e. The van der Waals surface area contributed by atoms with Crippen LogP contribution in [0.1, 0.15) is 28.8 Å². The van der Waals surface area contributed by atoms with Gasteiger partial charge in [-0.15, -0.1) is 0 Å². The van der Waals surface area contributed by atoms with E-state index in [1.807, 2.05) is 12.1 Å². The van der Waals surface area contributed by atoms with Gasteiger partial charge >= 0.3 is 0 Å². The van der Waals surface area contributed by atoms with Crippen molar-refractivity contribution in [2.45, 2.75) is 12.8 Å². The van der Waals surface area contributed by atoms with Crippen molar-refractivity contribution in [2.24, 2.45) is 0 Å². The van der Waals surface area contributed by atoms with Gasteiger partial charge in [-0.25, -0.2) is 0 Å². The number of rotatable bonds is 7. The zero-order valence-electron chi connectivity index (χ0n) is 17.4. The molecule has 30 heavy (non-hydrogen) atoms. The maximum atomic E-state index is 13.0. The zero-order valence-corrected chi connectivity index (χ0v) is 17.4. The average Bonchev–Trinajstić information content (AvgIpc) is 3.33. The molecule has 0 atom stereocenters. The van der Waals surface area contributed by atoms with Gasteiger partial charge in [0.05, 0.1) is 21.3 Å². The van der Waals surface area contributed by atoms with Crippen molar-refractivity contribution in [1.82, 2.24) is 10.2 Å². The van der Waals surface area contributed by atoms with Gasteiger partial charge in [-0.2, -0.15) is 0 Å². The second-order valence-electron chi connectivity index (χ2n) is 6.85. The number of carbonyl (C=O) groups excluding carboxylic acids is 2. The highest BCUT2D eigenvalue weighted by Gasteiger charge is 2.23. The van der Waals surface area contributed by atoms with Gasteiger partial charge < -0.3 is 24.4 Å². The molecule has 2 amide bonds. The molecule has 0 unspecified atom stereocenters. The van der Waals surface area contributed by atoms with Crippen molar-refractivity contribution in [3.63, 3.8) is 0 Å². The van der Waals surface area contributed by atoms with Crippen LogP contribution in [0.25, 0.3) is 6.08 Å². The van der Waals surface area contributed by atoms with E-state index in [-0.39, 0.29) is 11.6 Å². The van der Waals surface area contributed by atoms with E-state index in [2.05, 4.69) is 5.32 Å². The molecule has 0 saturated carbocycles. The number of ether oxygens (including phenoxy) is 3. The predicted octanol–water partition coefficient (Wildman–Crippen LogP) is 3.11. The van der Waals surface area contributed by atoms with E-state index in [0.717, 1.165) is 18.4 Å². The number of benzene rings is 2. The number of nitrogens with zero attached hydrogens (tertiary/aromatic N) is 1. The van der Waals surface area contributed by atoms with Gasteiger partial charge in [0.1, 0.15) is 11.4 Å². The molecule has 0 aromatic heterocycles. The first-order valence-corrected chi connectivity index (χ1v) is 9.74. The summed E-state index contributed by atoms with van der Waals surface area (Å²) in [5.41, 5.74) is 1.37. The molecule has 3 rings (SSSR count). The summed E-state index contributed by atoms with van der Waals surface area (Å²) in [5, 5.41) is 2.78. The van der Waals surface area contributed by atoms with Crippen molar-refractivity contribution in [2.75, 3.05) is 34.4 Å². The Kier molecular flexibility index (Phi) is 6.95. The fraction of sp³-hybridized carbons (Fsp3) is 0.304. The lowest BCUT2D eigenvalue weighted by molar-refractivity contribution is -0.126. The monoisotopic (exact) mass is 410 g/mol. The number of amides is 2. The van der Waals surface area contributed by atoms with Crippen LogP contribution in [-0.2, 0) is 4.79 Å². The van der Waals surface area contributed by atoms with Crippen molar-refractivity contribution in [3.8, 4) is 17.2 Å². The van der Waals surface area contributed by atoms with Crippen LogP contribution in [0.4, 0.5) is 0 Å². The lowest BCUT2D eigenvalue weighted by Crippen LogP contribution is -2.36. The van der Waals surface area contributed by atoms with Gasteiger partial charge in [0.25, 0.3) is 11.8 Å². The third kappa shape index (κ3) is 4.92. The fourth-order valence-electron chi connectivity index (χ4n) is 3.28. The maximum absolute atomic E-state index is 13.0. The second-order valence-corrected chi connectivity index (χ2v) is 6.85. The Morgan fingerprint density at radius 3 is 2.17 bits per heavy atom. The topological polar surface area (TPSA) is 77.1 Å². The molecule has 158 valence electrons. The molecule has 0 spiro atoms. The van der Waals surface area contributed by atoms with Crippen LogP contribution in [0.15, 0.2) is 48.2 Å². The van der Waals surface area contributed by atoms with E-state index in [1.165, 1.54) is 14.2 Å². The van der Waals surface area contributed by atoms with Gasteiger partial charge in [-0.1, -0.05) is 12.1 Å². The van der Waals surface area contributed by atoms with E-state index < -0.39 is 5.91 Å². The fourth-order valence-corrected chi connectivity index (χ4v) is 3.28. The van der Waals surface area contributed by atoms with E-state index in [4.69, 9.17) is 14.2 Å². The average molecular weight is 410 g/mol. The first-order chi connectivity index (χ1) is 14.5. The molecule has 1 N–H and O–H groups in total. The molecule has 2 aromatic carbocycles. The quantitative estimate of drug-likeness (QED) is 0.710. The highest BCUT2D eigenvalue weighted by Crippen LogP contribution is 2.27. The lowest BCUT2D eigenvalue weighted by atomic mass is 10.1. The van der Waals surface area contributed by atoms with Gasteiger partial charge in [0.2, 0.25) is 0 Å². The van der Waals surface area contributed by atoms with Gasteiger partial charge in [-0.05, 0) is 54.8 Å². The summed E-state index contributed by atoms with van der Waals surface area (Å²) in [6.07, 6.45) is 3.61. The Labute approximate surface area is 176 Å². The Balaban J connectivity index is 1.88. The minimum atomic E-state index is -0.400. The van der Waals surface area contributed by atoms with Gasteiger partial charge in [-0.3, -0.25) is 9.59 Å². The van der Waals surface area contributed by atoms with Crippen LogP contribution in [0.2, 0.25) is 0 Å². The second kappa shape index (κ2) is 9.82. The molecule has 0 radical (unpaired) electrons. The Morgan fingerprint density at radius 2 is 1.57 bits per heavy atom. The predicted molar refractivity (Wildman–Crippen MR) is 114 cm³/mol. The number of methoxy groups -OCH3 is 3. The largest absolute Gasteiger partial charge is 0.497 e. The summed E-state index contributed by atoms with van der Waals surface area (Å²) >= 11 is 0. The lowest BCUT2D eigenvalue weighted by Gasteiger charge is -2.18. The summed E-state index contributed by atoms with van der Waals surface area (Å²) in [6.45, 7) is 1.37. The SMILES string of the molecule is COc1ccc(/C=C(/NC(=O)c2ccc(OC)c(OC)c2)C(=O)N2CCCC2)cc1. The van der Waals surface area contributed by atoms with Gasteiger partial charge in [0, 0.05) is 18.7 Å². The van der Waals surface area contributed by atoms with E-state index >= 15 is 0 Å². The van der Waals surface area contributed by atoms with Crippen LogP contribution in [-0.4, -0.2) is 51.1 Å². The molecule has 7 heteroatoms. The van der Waals surface area contributed by atoms with Crippen molar-refractivity contribution < 1.29 is 23.8 Å². The van der Waals surface area contributed by atoms with Crippen molar-refractivity contribution in [1.29, 1.82) is 0 Å². The summed E-state index contributed by atoms with van der Waals surface area (Å²) in [7, 11) is 4.63. The summed E-state index contributed by atoms with van der Waals surface area (Å²) in [5.74, 6) is 1.09. The molecular formula is C23H26N2O5. The summed E-state index contributed by atoms with van der Waals surface area (Å²) in [6, 6.07) is 12.1.